The number of aryl methyl sites for hydroxylation is 1. The highest BCUT2D eigenvalue weighted by atomic mass is 32.2. The van der Waals surface area contributed by atoms with Crippen LogP contribution in [0.3, 0.4) is 0 Å². The van der Waals surface area contributed by atoms with Crippen molar-refractivity contribution in [2.75, 3.05) is 17.7 Å². The largest absolute Gasteiger partial charge is 0.378 e. The molecule has 1 amide bonds. The standard InChI is InChI=1S/C19H21N3O2S/c1-13(2)24-9-10-25-19-15(12-20)11-17(14(3)21-19)18(23)22-16-7-5-4-6-8-16/h4-8,11,13H,9-10H2,1-3H3,(H,22,23). The Labute approximate surface area is 152 Å². The summed E-state index contributed by atoms with van der Waals surface area (Å²) in [5.74, 6) is 0.432. The van der Waals surface area contributed by atoms with Crippen molar-refractivity contribution < 1.29 is 9.53 Å². The number of nitrogens with zero attached hydrogens (tertiary/aromatic N) is 2. The maximum atomic E-state index is 12.5. The molecule has 0 aliphatic rings. The second kappa shape index (κ2) is 9.21. The van der Waals surface area contributed by atoms with E-state index in [4.69, 9.17) is 4.74 Å². The minimum Gasteiger partial charge on any atom is -0.378 e. The second-order valence-electron chi connectivity index (χ2n) is 5.67. The van der Waals surface area contributed by atoms with Gasteiger partial charge >= 0.3 is 0 Å². The lowest BCUT2D eigenvalue weighted by molar-refractivity contribution is 0.0920. The highest BCUT2D eigenvalue weighted by Gasteiger charge is 2.15. The number of hydrogen-bond acceptors (Lipinski definition) is 5. The number of amides is 1. The molecule has 1 aromatic heterocycles. The number of carbonyl (C=O) groups is 1. The van der Waals surface area contributed by atoms with E-state index >= 15 is 0 Å². The quantitative estimate of drug-likeness (QED) is 0.599. The Bertz CT molecular complexity index is 770. The molecule has 0 saturated carbocycles. The van der Waals surface area contributed by atoms with Crippen LogP contribution in [0.4, 0.5) is 5.69 Å². The van der Waals surface area contributed by atoms with Gasteiger partial charge in [-0.05, 0) is 39.0 Å². The van der Waals surface area contributed by atoms with E-state index in [1.807, 2.05) is 44.2 Å². The van der Waals surface area contributed by atoms with Crippen LogP contribution in [-0.2, 0) is 4.74 Å². The number of carbonyl (C=O) groups excluding carboxylic acids is 1. The molecule has 0 bridgehead atoms. The number of benzene rings is 1. The number of ether oxygens (including phenoxy) is 1. The molecule has 1 aromatic carbocycles. The van der Waals surface area contributed by atoms with Crippen LogP contribution in [0.2, 0.25) is 0 Å². The van der Waals surface area contributed by atoms with E-state index in [0.717, 1.165) is 0 Å². The summed E-state index contributed by atoms with van der Waals surface area (Å²) in [6, 6.07) is 12.9. The molecule has 0 aliphatic heterocycles. The summed E-state index contributed by atoms with van der Waals surface area (Å²) in [7, 11) is 0. The summed E-state index contributed by atoms with van der Waals surface area (Å²) >= 11 is 1.46. The predicted molar refractivity (Wildman–Crippen MR) is 99.9 cm³/mol. The summed E-state index contributed by atoms with van der Waals surface area (Å²) in [5, 5.41) is 12.8. The third-order valence-corrected chi connectivity index (χ3v) is 4.30. The fraction of sp³-hybridized carbons (Fsp3) is 0.316. The SMILES string of the molecule is Cc1nc(SCCOC(C)C)c(C#N)cc1C(=O)Nc1ccccc1. The van der Waals surface area contributed by atoms with Gasteiger partial charge in [-0.15, -0.1) is 11.8 Å². The number of anilines is 1. The van der Waals surface area contributed by atoms with Crippen molar-refractivity contribution in [3.63, 3.8) is 0 Å². The number of rotatable bonds is 7. The monoisotopic (exact) mass is 355 g/mol. The lowest BCUT2D eigenvalue weighted by atomic mass is 10.1. The number of para-hydroxylation sites is 1. The molecule has 5 nitrogen and oxygen atoms in total. The van der Waals surface area contributed by atoms with E-state index < -0.39 is 0 Å². The van der Waals surface area contributed by atoms with Gasteiger partial charge in [0.1, 0.15) is 11.1 Å². The van der Waals surface area contributed by atoms with Gasteiger partial charge in [0.05, 0.1) is 29.5 Å². The van der Waals surface area contributed by atoms with Gasteiger partial charge in [-0.25, -0.2) is 4.98 Å². The van der Waals surface area contributed by atoms with E-state index in [0.29, 0.717) is 39.9 Å². The maximum absolute atomic E-state index is 12.5. The van der Waals surface area contributed by atoms with Crippen LogP contribution in [0.15, 0.2) is 41.4 Å². The molecule has 2 aromatic rings. The molecule has 6 heteroatoms. The van der Waals surface area contributed by atoms with Crippen LogP contribution < -0.4 is 5.32 Å². The maximum Gasteiger partial charge on any atom is 0.257 e. The van der Waals surface area contributed by atoms with Crippen LogP contribution in [0, 0.1) is 18.3 Å². The Kier molecular flexibility index (Phi) is 6.99. The molecule has 0 saturated heterocycles. The molecule has 0 unspecified atom stereocenters. The normalized spacial score (nSPS) is 10.5. The minimum absolute atomic E-state index is 0.176. The van der Waals surface area contributed by atoms with Crippen LogP contribution in [0.5, 0.6) is 0 Å². The smallest absolute Gasteiger partial charge is 0.257 e. The average Bonchev–Trinajstić information content (AvgIpc) is 2.59. The zero-order valence-electron chi connectivity index (χ0n) is 14.6. The first-order valence-electron chi connectivity index (χ1n) is 8.03. The molecule has 0 spiro atoms. The van der Waals surface area contributed by atoms with Crippen LogP contribution >= 0.6 is 11.8 Å². The first kappa shape index (κ1) is 19.0. The van der Waals surface area contributed by atoms with E-state index in [2.05, 4.69) is 16.4 Å². The Hall–Kier alpha value is -2.36. The molecule has 0 radical (unpaired) electrons. The van der Waals surface area contributed by atoms with E-state index in [1.54, 1.807) is 13.0 Å². The van der Waals surface area contributed by atoms with Gasteiger partial charge in [0.15, 0.2) is 0 Å². The number of pyridine rings is 1. The third kappa shape index (κ3) is 5.59. The van der Waals surface area contributed by atoms with Gasteiger partial charge in [-0.1, -0.05) is 18.2 Å². The van der Waals surface area contributed by atoms with E-state index in [9.17, 15) is 10.1 Å². The van der Waals surface area contributed by atoms with E-state index in [1.165, 1.54) is 11.8 Å². The number of nitriles is 1. The molecule has 25 heavy (non-hydrogen) atoms. The molecule has 0 atom stereocenters. The first-order chi connectivity index (χ1) is 12.0. The Morgan fingerprint density at radius 1 is 1.36 bits per heavy atom. The van der Waals surface area contributed by atoms with Crippen LogP contribution in [0.1, 0.15) is 35.5 Å². The summed E-state index contributed by atoms with van der Waals surface area (Å²) < 4.78 is 5.50. The molecule has 130 valence electrons. The Balaban J connectivity index is 2.12. The second-order valence-corrected chi connectivity index (χ2v) is 6.76. The Morgan fingerprint density at radius 2 is 2.08 bits per heavy atom. The first-order valence-corrected chi connectivity index (χ1v) is 9.02. The van der Waals surface area contributed by atoms with Gasteiger partial charge in [0, 0.05) is 11.4 Å². The lowest BCUT2D eigenvalue weighted by Crippen LogP contribution is -2.15. The molecule has 1 heterocycles. The van der Waals surface area contributed by atoms with Crippen molar-refractivity contribution in [3.05, 3.63) is 53.2 Å². The van der Waals surface area contributed by atoms with Crippen molar-refractivity contribution in [3.8, 4) is 6.07 Å². The predicted octanol–water partition coefficient (Wildman–Crippen LogP) is 4.03. The molecule has 0 fully saturated rings. The van der Waals surface area contributed by atoms with Crippen molar-refractivity contribution in [2.45, 2.75) is 31.9 Å². The number of hydrogen-bond donors (Lipinski definition) is 1. The molecule has 2 rings (SSSR count). The summed E-state index contributed by atoms with van der Waals surface area (Å²) in [5.41, 5.74) is 2.11. The summed E-state index contributed by atoms with van der Waals surface area (Å²) in [6.07, 6.45) is 0.176. The van der Waals surface area contributed by atoms with Crippen molar-refractivity contribution in [2.24, 2.45) is 0 Å². The van der Waals surface area contributed by atoms with Gasteiger partial charge in [0.25, 0.3) is 5.91 Å². The molecule has 0 aliphatic carbocycles. The molecule has 1 N–H and O–H groups in total. The highest BCUT2D eigenvalue weighted by Crippen LogP contribution is 2.23. The highest BCUT2D eigenvalue weighted by molar-refractivity contribution is 7.99. The third-order valence-electron chi connectivity index (χ3n) is 3.35. The van der Waals surface area contributed by atoms with Gasteiger partial charge in [-0.3, -0.25) is 4.79 Å². The summed E-state index contributed by atoms with van der Waals surface area (Å²) in [6.45, 7) is 6.32. The zero-order valence-corrected chi connectivity index (χ0v) is 15.4. The van der Waals surface area contributed by atoms with Crippen LogP contribution in [0.25, 0.3) is 0 Å². The summed E-state index contributed by atoms with van der Waals surface area (Å²) in [4.78, 5) is 16.9. The Morgan fingerprint density at radius 3 is 2.72 bits per heavy atom. The van der Waals surface area contributed by atoms with Crippen molar-refractivity contribution in [1.82, 2.24) is 4.98 Å². The zero-order chi connectivity index (χ0) is 18.2. The molecular formula is C19H21N3O2S. The average molecular weight is 355 g/mol. The lowest BCUT2D eigenvalue weighted by Gasteiger charge is -2.11. The number of aromatic nitrogens is 1. The van der Waals surface area contributed by atoms with Gasteiger partial charge < -0.3 is 10.1 Å². The minimum atomic E-state index is -0.271. The topological polar surface area (TPSA) is 75.0 Å². The van der Waals surface area contributed by atoms with Crippen LogP contribution in [-0.4, -0.2) is 29.4 Å². The number of nitrogens with one attached hydrogen (secondary N) is 1. The van der Waals surface area contributed by atoms with Gasteiger partial charge in [-0.2, -0.15) is 5.26 Å². The molecular weight excluding hydrogens is 334 g/mol. The van der Waals surface area contributed by atoms with E-state index in [-0.39, 0.29) is 12.0 Å². The van der Waals surface area contributed by atoms with Crippen molar-refractivity contribution in [1.29, 1.82) is 5.26 Å². The number of thioether (sulfide) groups is 1. The van der Waals surface area contributed by atoms with Gasteiger partial charge in [0.2, 0.25) is 0 Å². The fourth-order valence-electron chi connectivity index (χ4n) is 2.15. The van der Waals surface area contributed by atoms with Crippen molar-refractivity contribution >= 4 is 23.4 Å². The fourth-order valence-corrected chi connectivity index (χ4v) is 2.98.